The zero-order valence-electron chi connectivity index (χ0n) is 17.5. The molecule has 0 spiro atoms. The molecule has 5 nitrogen and oxygen atoms in total. The first-order chi connectivity index (χ1) is 13.3. The third-order valence-corrected chi connectivity index (χ3v) is 6.77. The van der Waals surface area contributed by atoms with Crippen LogP contribution in [0.1, 0.15) is 65.1 Å². The zero-order chi connectivity index (χ0) is 20.2. The fourth-order valence-corrected chi connectivity index (χ4v) is 5.11. The van der Waals surface area contributed by atoms with Gasteiger partial charge in [0.25, 0.3) is 5.56 Å². The molecule has 0 N–H and O–H groups in total. The Bertz CT molecular complexity index is 1110. The molecule has 1 aromatic carbocycles. The van der Waals surface area contributed by atoms with Crippen LogP contribution in [0.3, 0.4) is 0 Å². The number of rotatable bonds is 4. The van der Waals surface area contributed by atoms with E-state index in [4.69, 9.17) is 0 Å². The zero-order valence-corrected chi connectivity index (χ0v) is 18.3. The fraction of sp³-hybridized carbons (Fsp3) is 0.500. The number of aromatic nitrogens is 4. The van der Waals surface area contributed by atoms with Gasteiger partial charge < -0.3 is 4.57 Å². The van der Waals surface area contributed by atoms with Gasteiger partial charge in [-0.15, -0.1) is 10.2 Å². The quantitative estimate of drug-likeness (QED) is 0.591. The van der Waals surface area contributed by atoms with Gasteiger partial charge in [-0.05, 0) is 32.3 Å². The Morgan fingerprint density at radius 3 is 2.54 bits per heavy atom. The van der Waals surface area contributed by atoms with Crippen molar-refractivity contribution in [2.24, 2.45) is 0 Å². The lowest BCUT2D eigenvalue weighted by Gasteiger charge is -2.37. The molecule has 2 aromatic heterocycles. The van der Waals surface area contributed by atoms with Gasteiger partial charge in [0, 0.05) is 27.8 Å². The summed E-state index contributed by atoms with van der Waals surface area (Å²) in [6.45, 7) is 12.9. The number of hydrogen-bond donors (Lipinski definition) is 0. The van der Waals surface area contributed by atoms with Crippen molar-refractivity contribution in [3.05, 3.63) is 45.7 Å². The maximum atomic E-state index is 13.9. The number of fused-ring (bicyclic) bond motifs is 4. The maximum absolute atomic E-state index is 13.9. The van der Waals surface area contributed by atoms with Crippen LogP contribution in [0.4, 0.5) is 0 Å². The molecular formula is C22H28N4OS. The summed E-state index contributed by atoms with van der Waals surface area (Å²) in [4.78, 5) is 13.9. The van der Waals surface area contributed by atoms with E-state index in [1.165, 1.54) is 5.56 Å². The molecule has 6 heteroatoms. The van der Waals surface area contributed by atoms with Gasteiger partial charge in [-0.25, -0.2) is 4.40 Å². The van der Waals surface area contributed by atoms with Crippen molar-refractivity contribution < 1.29 is 0 Å². The minimum Gasteiger partial charge on any atom is -0.307 e. The second-order valence-electron chi connectivity index (χ2n) is 8.53. The standard InChI is InChI=1S/C22H28N4OS/c1-7-22(6)12-15-10-8-9-11-16(15)18-17(22)19(27)26-20(25(18)13(2)3)23-24-21(26)28-14(4)5/h8-11,13-14H,7,12H2,1-6H3. The Kier molecular flexibility index (Phi) is 4.65. The highest BCUT2D eigenvalue weighted by Gasteiger charge is 2.39. The highest BCUT2D eigenvalue weighted by molar-refractivity contribution is 7.99. The van der Waals surface area contributed by atoms with Crippen molar-refractivity contribution >= 4 is 17.5 Å². The Morgan fingerprint density at radius 2 is 1.89 bits per heavy atom. The van der Waals surface area contributed by atoms with E-state index in [1.807, 2.05) is 0 Å². The molecule has 0 bridgehead atoms. The lowest BCUT2D eigenvalue weighted by Crippen LogP contribution is -2.39. The summed E-state index contributed by atoms with van der Waals surface area (Å²) in [6.07, 6.45) is 1.78. The van der Waals surface area contributed by atoms with Crippen LogP contribution in [-0.4, -0.2) is 24.4 Å². The van der Waals surface area contributed by atoms with Crippen molar-refractivity contribution in [3.63, 3.8) is 0 Å². The van der Waals surface area contributed by atoms with Crippen LogP contribution < -0.4 is 5.56 Å². The maximum Gasteiger partial charge on any atom is 0.265 e. The van der Waals surface area contributed by atoms with Gasteiger partial charge in [0.1, 0.15) is 0 Å². The minimum atomic E-state index is -0.213. The normalized spacial score (nSPS) is 18.7. The molecule has 1 aliphatic carbocycles. The van der Waals surface area contributed by atoms with Gasteiger partial charge in [0.05, 0.1) is 5.69 Å². The summed E-state index contributed by atoms with van der Waals surface area (Å²) in [5.74, 6) is 0.636. The molecule has 0 saturated carbocycles. The SMILES string of the molecule is CCC1(C)Cc2ccccc2-c2c1c(=O)n1c(SC(C)C)nnc1n2C(C)C. The predicted octanol–water partition coefficient (Wildman–Crippen LogP) is 4.86. The molecule has 0 amide bonds. The lowest BCUT2D eigenvalue weighted by molar-refractivity contribution is 0.431. The van der Waals surface area contributed by atoms with E-state index < -0.39 is 0 Å². The summed E-state index contributed by atoms with van der Waals surface area (Å²) in [5, 5.41) is 9.87. The third kappa shape index (κ3) is 2.72. The smallest absolute Gasteiger partial charge is 0.265 e. The van der Waals surface area contributed by atoms with Crippen molar-refractivity contribution in [2.75, 3.05) is 0 Å². The topological polar surface area (TPSA) is 52.2 Å². The van der Waals surface area contributed by atoms with Crippen LogP contribution in [-0.2, 0) is 11.8 Å². The molecule has 1 unspecified atom stereocenters. The molecule has 28 heavy (non-hydrogen) atoms. The molecular weight excluding hydrogens is 368 g/mol. The number of nitrogens with zero attached hydrogens (tertiary/aromatic N) is 4. The Morgan fingerprint density at radius 1 is 1.18 bits per heavy atom. The monoisotopic (exact) mass is 396 g/mol. The number of hydrogen-bond acceptors (Lipinski definition) is 4. The minimum absolute atomic E-state index is 0.0360. The highest BCUT2D eigenvalue weighted by Crippen LogP contribution is 2.44. The summed E-state index contributed by atoms with van der Waals surface area (Å²) < 4.78 is 3.95. The van der Waals surface area contributed by atoms with Gasteiger partial charge in [-0.3, -0.25) is 4.79 Å². The van der Waals surface area contributed by atoms with Crippen molar-refractivity contribution in [1.82, 2.24) is 19.2 Å². The average molecular weight is 397 g/mol. The van der Waals surface area contributed by atoms with Gasteiger partial charge >= 0.3 is 0 Å². The first-order valence-corrected chi connectivity index (χ1v) is 11.0. The van der Waals surface area contributed by atoms with E-state index >= 15 is 0 Å². The first-order valence-electron chi connectivity index (χ1n) is 10.1. The molecule has 0 saturated heterocycles. The molecule has 0 fully saturated rings. The Balaban J connectivity index is 2.21. The van der Waals surface area contributed by atoms with E-state index in [1.54, 1.807) is 16.2 Å². The van der Waals surface area contributed by atoms with Gasteiger partial charge in [-0.1, -0.05) is 63.7 Å². The van der Waals surface area contributed by atoms with E-state index in [2.05, 4.69) is 80.6 Å². The van der Waals surface area contributed by atoms with E-state index in [0.29, 0.717) is 16.2 Å². The molecule has 2 heterocycles. The van der Waals surface area contributed by atoms with Gasteiger partial charge in [-0.2, -0.15) is 0 Å². The van der Waals surface area contributed by atoms with Crippen LogP contribution in [0.15, 0.2) is 34.2 Å². The fourth-order valence-electron chi connectivity index (χ4n) is 4.33. The summed E-state index contributed by atoms with van der Waals surface area (Å²) in [5.41, 5.74) is 4.20. The van der Waals surface area contributed by atoms with Crippen LogP contribution >= 0.6 is 11.8 Å². The van der Waals surface area contributed by atoms with Gasteiger partial charge in [0.2, 0.25) is 5.78 Å². The largest absolute Gasteiger partial charge is 0.307 e. The Hall–Kier alpha value is -2.08. The third-order valence-electron chi connectivity index (χ3n) is 5.82. The van der Waals surface area contributed by atoms with Crippen LogP contribution in [0, 0.1) is 0 Å². The summed E-state index contributed by atoms with van der Waals surface area (Å²) in [7, 11) is 0. The molecule has 1 atom stereocenters. The Labute approximate surface area is 170 Å². The lowest BCUT2D eigenvalue weighted by atomic mass is 9.69. The average Bonchev–Trinajstić information content (AvgIpc) is 3.04. The van der Waals surface area contributed by atoms with Gasteiger partial charge in [0.15, 0.2) is 5.16 Å². The molecule has 0 aliphatic heterocycles. The molecule has 1 aliphatic rings. The van der Waals surface area contributed by atoms with Crippen LogP contribution in [0.2, 0.25) is 0 Å². The van der Waals surface area contributed by atoms with Crippen molar-refractivity contribution in [3.8, 4) is 11.3 Å². The first kappa shape index (κ1) is 19.2. The van der Waals surface area contributed by atoms with E-state index in [0.717, 1.165) is 29.7 Å². The van der Waals surface area contributed by atoms with Crippen molar-refractivity contribution in [2.45, 2.75) is 76.2 Å². The highest BCUT2D eigenvalue weighted by atomic mass is 32.2. The number of thioether (sulfide) groups is 1. The molecule has 3 aromatic rings. The summed E-state index contributed by atoms with van der Waals surface area (Å²) >= 11 is 1.59. The molecule has 4 rings (SSSR count). The second-order valence-corrected chi connectivity index (χ2v) is 10.1. The van der Waals surface area contributed by atoms with Crippen LogP contribution in [0.5, 0.6) is 0 Å². The van der Waals surface area contributed by atoms with E-state index in [-0.39, 0.29) is 17.0 Å². The van der Waals surface area contributed by atoms with Crippen molar-refractivity contribution in [1.29, 1.82) is 0 Å². The van der Waals surface area contributed by atoms with E-state index in [9.17, 15) is 4.79 Å². The second kappa shape index (κ2) is 6.76. The number of benzene rings is 1. The molecule has 0 radical (unpaired) electrons. The van der Waals surface area contributed by atoms with Crippen LogP contribution in [0.25, 0.3) is 17.0 Å². The predicted molar refractivity (Wildman–Crippen MR) is 115 cm³/mol. The summed E-state index contributed by atoms with van der Waals surface area (Å²) in [6, 6.07) is 8.63. The molecule has 148 valence electrons.